The number of nitrogens with zero attached hydrogens (tertiary/aromatic N) is 2. The van der Waals surface area contributed by atoms with E-state index in [9.17, 15) is 18.5 Å². The van der Waals surface area contributed by atoms with E-state index in [0.29, 0.717) is 12.2 Å². The van der Waals surface area contributed by atoms with Crippen LogP contribution in [0, 0.1) is 10.1 Å². The van der Waals surface area contributed by atoms with Gasteiger partial charge in [0, 0.05) is 12.6 Å². The zero-order chi connectivity index (χ0) is 17.5. The summed E-state index contributed by atoms with van der Waals surface area (Å²) in [6.45, 7) is 2.46. The van der Waals surface area contributed by atoms with Crippen molar-refractivity contribution in [2.45, 2.75) is 24.2 Å². The summed E-state index contributed by atoms with van der Waals surface area (Å²) in [7, 11) is -3.78. The van der Waals surface area contributed by atoms with E-state index in [-0.39, 0.29) is 21.0 Å². The fourth-order valence-corrected chi connectivity index (χ4v) is 5.10. The van der Waals surface area contributed by atoms with Gasteiger partial charge in [0.05, 0.1) is 20.0 Å². The number of nitro groups is 1. The highest BCUT2D eigenvalue weighted by Gasteiger charge is 2.32. The van der Waals surface area contributed by atoms with Gasteiger partial charge in [-0.3, -0.25) is 14.4 Å². The molecule has 0 aliphatic carbocycles. The van der Waals surface area contributed by atoms with Gasteiger partial charge in [-0.15, -0.1) is 0 Å². The quantitative estimate of drug-likeness (QED) is 0.564. The van der Waals surface area contributed by atoms with Crippen LogP contribution in [-0.4, -0.2) is 19.9 Å². The van der Waals surface area contributed by atoms with Gasteiger partial charge < -0.3 is 0 Å². The van der Waals surface area contributed by atoms with Crippen LogP contribution in [0.4, 0.5) is 11.4 Å². The second kappa shape index (κ2) is 6.18. The molecule has 0 saturated carbocycles. The van der Waals surface area contributed by atoms with Gasteiger partial charge in [-0.05, 0) is 52.0 Å². The van der Waals surface area contributed by atoms with Crippen molar-refractivity contribution in [1.29, 1.82) is 0 Å². The van der Waals surface area contributed by atoms with E-state index in [1.807, 2.05) is 18.2 Å². The molecule has 0 amide bonds. The number of hydrogen-bond acceptors (Lipinski definition) is 4. The van der Waals surface area contributed by atoms with E-state index in [1.165, 1.54) is 22.5 Å². The number of fused-ring (bicyclic) bond motifs is 1. The van der Waals surface area contributed by atoms with Crippen LogP contribution in [-0.2, 0) is 10.0 Å². The third kappa shape index (κ3) is 2.80. The maximum absolute atomic E-state index is 13.0. The van der Waals surface area contributed by atoms with Gasteiger partial charge in [-0.1, -0.05) is 25.1 Å². The molecule has 0 unspecified atom stereocenters. The normalized spacial score (nSPS) is 17.4. The highest BCUT2D eigenvalue weighted by atomic mass is 79.9. The fourth-order valence-electron chi connectivity index (χ4n) is 2.89. The summed E-state index contributed by atoms with van der Waals surface area (Å²) in [6.07, 6.45) is 0.727. The van der Waals surface area contributed by atoms with Crippen molar-refractivity contribution in [1.82, 2.24) is 0 Å². The molecule has 0 aromatic heterocycles. The number of anilines is 1. The number of sulfonamides is 1. The van der Waals surface area contributed by atoms with Gasteiger partial charge in [-0.2, -0.15) is 0 Å². The summed E-state index contributed by atoms with van der Waals surface area (Å²) in [5, 5.41) is 10.9. The van der Waals surface area contributed by atoms with Crippen LogP contribution < -0.4 is 4.31 Å². The van der Waals surface area contributed by atoms with Gasteiger partial charge in [0.15, 0.2) is 0 Å². The van der Waals surface area contributed by atoms with Crippen molar-refractivity contribution in [3.05, 3.63) is 62.6 Å². The Morgan fingerprint density at radius 3 is 2.62 bits per heavy atom. The summed E-state index contributed by atoms with van der Waals surface area (Å²) >= 11 is 3.08. The van der Waals surface area contributed by atoms with E-state index in [4.69, 9.17) is 0 Å². The Kier molecular flexibility index (Phi) is 4.35. The maximum atomic E-state index is 13.0. The molecule has 24 heavy (non-hydrogen) atoms. The molecule has 8 heteroatoms. The average Bonchev–Trinajstić information content (AvgIpc) is 2.54. The Hall–Kier alpha value is -1.93. The van der Waals surface area contributed by atoms with Crippen LogP contribution in [0.5, 0.6) is 0 Å². The molecule has 0 N–H and O–H groups in total. The highest BCUT2D eigenvalue weighted by molar-refractivity contribution is 9.10. The van der Waals surface area contributed by atoms with Crippen LogP contribution in [0.25, 0.3) is 0 Å². The molecule has 0 saturated heterocycles. The Morgan fingerprint density at radius 2 is 1.96 bits per heavy atom. The smallest absolute Gasteiger partial charge is 0.266 e. The Labute approximate surface area is 148 Å². The molecule has 0 fully saturated rings. The molecule has 1 atom stereocenters. The van der Waals surface area contributed by atoms with Gasteiger partial charge in [-0.25, -0.2) is 8.42 Å². The van der Waals surface area contributed by atoms with Crippen molar-refractivity contribution in [2.24, 2.45) is 0 Å². The lowest BCUT2D eigenvalue weighted by molar-refractivity contribution is -0.385. The molecule has 6 nitrogen and oxygen atoms in total. The van der Waals surface area contributed by atoms with Gasteiger partial charge in [0.25, 0.3) is 15.7 Å². The van der Waals surface area contributed by atoms with Crippen LogP contribution in [0.2, 0.25) is 0 Å². The zero-order valence-corrected chi connectivity index (χ0v) is 15.2. The lowest BCUT2D eigenvalue weighted by Gasteiger charge is -2.33. The molecule has 1 heterocycles. The average molecular weight is 411 g/mol. The third-order valence-electron chi connectivity index (χ3n) is 4.21. The van der Waals surface area contributed by atoms with Crippen molar-refractivity contribution < 1.29 is 13.3 Å². The van der Waals surface area contributed by atoms with Crippen LogP contribution >= 0.6 is 15.9 Å². The molecule has 3 rings (SSSR count). The number of halogens is 1. The molecule has 0 spiro atoms. The van der Waals surface area contributed by atoms with Crippen LogP contribution in [0.3, 0.4) is 0 Å². The van der Waals surface area contributed by atoms with Gasteiger partial charge in [0.2, 0.25) is 0 Å². The number of para-hydroxylation sites is 1. The second-order valence-electron chi connectivity index (χ2n) is 5.70. The molecule has 2 aromatic rings. The summed E-state index contributed by atoms with van der Waals surface area (Å²) in [5.74, 6) is 0.288. The van der Waals surface area contributed by atoms with Crippen molar-refractivity contribution in [3.8, 4) is 0 Å². The van der Waals surface area contributed by atoms with Crippen molar-refractivity contribution >= 4 is 37.3 Å². The largest absolute Gasteiger partial charge is 0.283 e. The number of benzene rings is 2. The van der Waals surface area contributed by atoms with Gasteiger partial charge >= 0.3 is 0 Å². The predicted octanol–water partition coefficient (Wildman–Crippen LogP) is 4.06. The Balaban J connectivity index is 2.08. The first-order valence-electron chi connectivity index (χ1n) is 7.38. The third-order valence-corrected chi connectivity index (χ3v) is 6.65. The minimum atomic E-state index is -3.78. The van der Waals surface area contributed by atoms with E-state index >= 15 is 0 Å². The molecule has 126 valence electrons. The van der Waals surface area contributed by atoms with Crippen LogP contribution in [0.15, 0.2) is 51.8 Å². The minimum Gasteiger partial charge on any atom is -0.266 e. The van der Waals surface area contributed by atoms with E-state index < -0.39 is 14.9 Å². The first-order chi connectivity index (χ1) is 11.3. The topological polar surface area (TPSA) is 80.5 Å². The predicted molar refractivity (Wildman–Crippen MR) is 94.8 cm³/mol. The molecule has 0 radical (unpaired) electrons. The monoisotopic (exact) mass is 410 g/mol. The molecule has 2 aromatic carbocycles. The number of hydrogen-bond donors (Lipinski definition) is 0. The van der Waals surface area contributed by atoms with Crippen molar-refractivity contribution in [3.63, 3.8) is 0 Å². The molecular weight excluding hydrogens is 396 g/mol. The highest BCUT2D eigenvalue weighted by Crippen LogP contribution is 2.38. The van der Waals surface area contributed by atoms with Crippen LogP contribution in [0.1, 0.15) is 24.8 Å². The maximum Gasteiger partial charge on any atom is 0.283 e. The standard InChI is InChI=1S/C16H15BrN2O4S/c1-11-8-9-18(15-5-3-2-4-13(11)15)24(22,23)12-6-7-16(19(20)21)14(17)10-12/h2-7,10-11H,8-9H2,1H3/t11-/m1/s1. The minimum absolute atomic E-state index is 0.0318. The molecule has 0 bridgehead atoms. The summed E-state index contributed by atoms with van der Waals surface area (Å²) in [5.41, 5.74) is 1.50. The molecular formula is C16H15BrN2O4S. The lowest BCUT2D eigenvalue weighted by atomic mass is 9.93. The summed E-state index contributed by atoms with van der Waals surface area (Å²) in [6, 6.07) is 11.2. The first kappa shape index (κ1) is 16.9. The van der Waals surface area contributed by atoms with Gasteiger partial charge in [0.1, 0.15) is 0 Å². The van der Waals surface area contributed by atoms with E-state index in [2.05, 4.69) is 22.9 Å². The zero-order valence-electron chi connectivity index (χ0n) is 12.8. The lowest BCUT2D eigenvalue weighted by Crippen LogP contribution is -2.36. The number of nitro benzene ring substituents is 1. The Morgan fingerprint density at radius 1 is 1.25 bits per heavy atom. The Bertz CT molecular complexity index is 914. The summed E-state index contributed by atoms with van der Waals surface area (Å²) in [4.78, 5) is 10.4. The van der Waals surface area contributed by atoms with E-state index in [1.54, 1.807) is 6.07 Å². The first-order valence-corrected chi connectivity index (χ1v) is 9.61. The second-order valence-corrected chi connectivity index (χ2v) is 8.41. The molecule has 1 aliphatic heterocycles. The fraction of sp³-hybridized carbons (Fsp3) is 0.250. The molecule has 1 aliphatic rings. The van der Waals surface area contributed by atoms with Crippen molar-refractivity contribution in [2.75, 3.05) is 10.8 Å². The summed E-state index contributed by atoms with van der Waals surface area (Å²) < 4.78 is 27.6. The van der Waals surface area contributed by atoms with E-state index in [0.717, 1.165) is 12.0 Å². The SMILES string of the molecule is C[C@@H]1CCN(S(=O)(=O)c2ccc([N+](=O)[O-])c(Br)c2)c2ccccc21. The number of rotatable bonds is 3.